The van der Waals surface area contributed by atoms with Crippen LogP contribution in [-0.4, -0.2) is 29.8 Å². The minimum absolute atomic E-state index is 0.0278. The van der Waals surface area contributed by atoms with Gasteiger partial charge in [0.05, 0.1) is 11.6 Å². The fraction of sp³-hybridized carbons (Fsp3) is 0.500. The van der Waals surface area contributed by atoms with Gasteiger partial charge in [-0.15, -0.1) is 0 Å². The van der Waals surface area contributed by atoms with Gasteiger partial charge in [-0.3, -0.25) is 9.59 Å². The first kappa shape index (κ1) is 19.5. The number of nitrogens with one attached hydrogen (secondary N) is 1. The normalized spacial score (nSPS) is 20.9. The van der Waals surface area contributed by atoms with Crippen LogP contribution in [0.3, 0.4) is 0 Å². The largest absolute Gasteiger partial charge is 0.416 e. The maximum Gasteiger partial charge on any atom is 0.416 e. The Morgan fingerprint density at radius 2 is 2.15 bits per heavy atom. The van der Waals surface area contributed by atoms with E-state index in [1.807, 2.05) is 12.2 Å². The van der Waals surface area contributed by atoms with Gasteiger partial charge in [0.15, 0.2) is 0 Å². The number of carbonyl (C=O) groups excluding carboxylic acids is 2. The van der Waals surface area contributed by atoms with Crippen molar-refractivity contribution in [2.45, 2.75) is 44.3 Å². The van der Waals surface area contributed by atoms with E-state index < -0.39 is 17.8 Å². The number of nitrogens with zero attached hydrogens (tertiary/aromatic N) is 1. The zero-order valence-electron chi connectivity index (χ0n) is 15.0. The lowest BCUT2D eigenvalue weighted by Crippen LogP contribution is -2.39. The van der Waals surface area contributed by atoms with Gasteiger partial charge in [0.1, 0.15) is 0 Å². The molecule has 1 fully saturated rings. The van der Waals surface area contributed by atoms with E-state index in [4.69, 9.17) is 0 Å². The number of amides is 2. The Morgan fingerprint density at radius 3 is 2.78 bits per heavy atom. The maximum atomic E-state index is 13.1. The average molecular weight is 380 g/mol. The summed E-state index contributed by atoms with van der Waals surface area (Å²) in [5, 5.41) is 2.85. The van der Waals surface area contributed by atoms with E-state index in [1.54, 1.807) is 11.0 Å². The van der Waals surface area contributed by atoms with Crippen LogP contribution in [0.25, 0.3) is 0 Å². The van der Waals surface area contributed by atoms with Crippen LogP contribution in [0.2, 0.25) is 0 Å². The van der Waals surface area contributed by atoms with E-state index in [9.17, 15) is 22.8 Å². The molecule has 1 aromatic rings. The van der Waals surface area contributed by atoms with Crippen LogP contribution in [0, 0.1) is 5.92 Å². The summed E-state index contributed by atoms with van der Waals surface area (Å²) in [4.78, 5) is 26.0. The second-order valence-corrected chi connectivity index (χ2v) is 7.16. The number of halogens is 3. The summed E-state index contributed by atoms with van der Waals surface area (Å²) in [5.41, 5.74) is -0.398. The highest BCUT2D eigenvalue weighted by atomic mass is 19.4. The van der Waals surface area contributed by atoms with Gasteiger partial charge in [-0.25, -0.2) is 0 Å². The minimum atomic E-state index is -4.46. The first-order chi connectivity index (χ1) is 12.8. The summed E-state index contributed by atoms with van der Waals surface area (Å²) in [6.45, 7) is 0.752. The standard InChI is InChI=1S/C20H23F3N2O2/c21-20(22,23)16-8-3-7-15(12-16)17(13-25-10-4-9-19(25)27)24-18(26)11-14-5-1-2-6-14/h1,3,5,7-8,12,14,17H,2,4,6,9-11,13H2,(H,24,26)/t14-,17-/m1/s1. The van der Waals surface area contributed by atoms with Gasteiger partial charge in [0.2, 0.25) is 11.8 Å². The first-order valence-electron chi connectivity index (χ1n) is 9.24. The Balaban J connectivity index is 1.77. The van der Waals surface area contributed by atoms with Gasteiger partial charge in [-0.1, -0.05) is 24.3 Å². The molecule has 0 spiro atoms. The van der Waals surface area contributed by atoms with Crippen molar-refractivity contribution in [2.24, 2.45) is 5.92 Å². The van der Waals surface area contributed by atoms with Gasteiger partial charge in [-0.2, -0.15) is 13.2 Å². The second-order valence-electron chi connectivity index (χ2n) is 7.16. The summed E-state index contributed by atoms with van der Waals surface area (Å²) >= 11 is 0. The monoisotopic (exact) mass is 380 g/mol. The predicted octanol–water partition coefficient (Wildman–Crippen LogP) is 3.84. The van der Waals surface area contributed by atoms with Crippen LogP contribution in [0.5, 0.6) is 0 Å². The lowest BCUT2D eigenvalue weighted by Gasteiger charge is -2.26. The second kappa shape index (κ2) is 8.15. The third-order valence-corrected chi connectivity index (χ3v) is 5.09. The van der Waals surface area contributed by atoms with Crippen molar-refractivity contribution in [3.8, 4) is 0 Å². The van der Waals surface area contributed by atoms with Crippen molar-refractivity contribution in [1.29, 1.82) is 0 Å². The van der Waals surface area contributed by atoms with Crippen LogP contribution in [0.4, 0.5) is 13.2 Å². The molecule has 1 N–H and O–H groups in total. The summed E-state index contributed by atoms with van der Waals surface area (Å²) in [7, 11) is 0. The Hall–Kier alpha value is -2.31. The van der Waals surface area contributed by atoms with Gasteiger partial charge in [-0.05, 0) is 42.9 Å². The van der Waals surface area contributed by atoms with Crippen molar-refractivity contribution in [2.75, 3.05) is 13.1 Å². The molecule has 1 aliphatic carbocycles. The number of likely N-dealkylation sites (tertiary alicyclic amines) is 1. The van der Waals surface area contributed by atoms with E-state index in [1.165, 1.54) is 6.07 Å². The number of hydrogen-bond acceptors (Lipinski definition) is 2. The number of benzene rings is 1. The molecule has 1 aliphatic heterocycles. The molecule has 4 nitrogen and oxygen atoms in total. The summed E-state index contributed by atoms with van der Waals surface area (Å²) < 4.78 is 39.2. The Labute approximate surface area is 156 Å². The molecule has 0 radical (unpaired) electrons. The highest BCUT2D eigenvalue weighted by Gasteiger charge is 2.32. The number of hydrogen-bond donors (Lipinski definition) is 1. The van der Waals surface area contributed by atoms with E-state index in [0.717, 1.165) is 31.4 Å². The molecule has 1 heterocycles. The lowest BCUT2D eigenvalue weighted by atomic mass is 10.0. The van der Waals surface area contributed by atoms with E-state index in [0.29, 0.717) is 24.9 Å². The number of alkyl halides is 3. The number of allylic oxidation sites excluding steroid dienone is 2. The third-order valence-electron chi connectivity index (χ3n) is 5.09. The number of carbonyl (C=O) groups is 2. The van der Waals surface area contributed by atoms with Crippen LogP contribution in [0.1, 0.15) is 49.3 Å². The topological polar surface area (TPSA) is 49.4 Å². The van der Waals surface area contributed by atoms with E-state index >= 15 is 0 Å². The van der Waals surface area contributed by atoms with Gasteiger partial charge in [0.25, 0.3) is 0 Å². The molecule has 2 aliphatic rings. The highest BCUT2D eigenvalue weighted by Crippen LogP contribution is 2.31. The molecule has 7 heteroatoms. The zero-order valence-corrected chi connectivity index (χ0v) is 15.0. The Morgan fingerprint density at radius 1 is 1.33 bits per heavy atom. The SMILES string of the molecule is O=C(C[C@@H]1C=CCC1)N[C@H](CN1CCCC1=O)c1cccc(C(F)(F)F)c1. The predicted molar refractivity (Wildman–Crippen MR) is 94.6 cm³/mol. The summed E-state index contributed by atoms with van der Waals surface area (Å²) in [5.74, 6) is -0.0684. The maximum absolute atomic E-state index is 13.1. The molecule has 2 atom stereocenters. The van der Waals surface area contributed by atoms with Gasteiger partial charge < -0.3 is 10.2 Å². The molecule has 146 valence electrons. The number of rotatable bonds is 6. The lowest BCUT2D eigenvalue weighted by molar-refractivity contribution is -0.137. The zero-order chi connectivity index (χ0) is 19.4. The molecule has 0 bridgehead atoms. The molecule has 27 heavy (non-hydrogen) atoms. The quantitative estimate of drug-likeness (QED) is 0.763. The summed E-state index contributed by atoms with van der Waals surface area (Å²) in [6.07, 6.45) is 2.91. The van der Waals surface area contributed by atoms with Crippen molar-refractivity contribution < 1.29 is 22.8 Å². The van der Waals surface area contributed by atoms with Crippen LogP contribution >= 0.6 is 0 Å². The fourth-order valence-electron chi connectivity index (χ4n) is 3.64. The molecule has 3 rings (SSSR count). The van der Waals surface area contributed by atoms with Crippen LogP contribution in [-0.2, 0) is 15.8 Å². The van der Waals surface area contributed by atoms with Gasteiger partial charge >= 0.3 is 6.18 Å². The van der Waals surface area contributed by atoms with Gasteiger partial charge in [0, 0.05) is 25.9 Å². The third kappa shape index (κ3) is 5.11. The fourth-order valence-corrected chi connectivity index (χ4v) is 3.64. The molecule has 2 amide bonds. The molecule has 0 saturated carbocycles. The highest BCUT2D eigenvalue weighted by molar-refractivity contribution is 5.79. The van der Waals surface area contributed by atoms with Crippen molar-refractivity contribution >= 4 is 11.8 Å². The summed E-state index contributed by atoms with van der Waals surface area (Å²) in [6, 6.07) is 4.31. The van der Waals surface area contributed by atoms with Crippen LogP contribution < -0.4 is 5.32 Å². The molecule has 0 aromatic heterocycles. The van der Waals surface area contributed by atoms with Crippen molar-refractivity contribution in [3.05, 3.63) is 47.5 Å². The van der Waals surface area contributed by atoms with Crippen LogP contribution in [0.15, 0.2) is 36.4 Å². The van der Waals surface area contributed by atoms with E-state index in [2.05, 4.69) is 5.32 Å². The average Bonchev–Trinajstić information content (AvgIpc) is 3.26. The Bertz CT molecular complexity index is 730. The molecular weight excluding hydrogens is 357 g/mol. The van der Waals surface area contributed by atoms with Crippen molar-refractivity contribution in [3.63, 3.8) is 0 Å². The Kier molecular flexibility index (Phi) is 5.87. The molecule has 1 aromatic carbocycles. The molecule has 0 unspecified atom stereocenters. The van der Waals surface area contributed by atoms with Crippen molar-refractivity contribution in [1.82, 2.24) is 10.2 Å². The van der Waals surface area contributed by atoms with E-state index in [-0.39, 0.29) is 24.3 Å². The first-order valence-corrected chi connectivity index (χ1v) is 9.24. The molecular formula is C20H23F3N2O2. The smallest absolute Gasteiger partial charge is 0.347 e. The molecule has 1 saturated heterocycles. The minimum Gasteiger partial charge on any atom is -0.347 e.